The molecule has 0 fully saturated rings. The van der Waals surface area contributed by atoms with Gasteiger partial charge < -0.3 is 0 Å². The number of rotatable bonds is 0. The molecule has 1 aliphatic carbocycles. The Labute approximate surface area is 98.1 Å². The van der Waals surface area contributed by atoms with Crippen molar-refractivity contribution in [2.75, 3.05) is 0 Å². The molecule has 1 aliphatic rings. The highest BCUT2D eigenvalue weighted by Gasteiger charge is 2.21. The average molecular weight is 238 g/mol. The van der Waals surface area contributed by atoms with Crippen LogP contribution in [0.15, 0.2) is 12.3 Å². The van der Waals surface area contributed by atoms with Crippen molar-refractivity contribution in [2.45, 2.75) is 26.2 Å². The predicted octanol–water partition coefficient (Wildman–Crippen LogP) is 4.07. The number of aromatic nitrogens is 1. The second-order valence-electron chi connectivity index (χ2n) is 4.32. The van der Waals surface area contributed by atoms with E-state index in [2.05, 4.69) is 11.9 Å². The van der Waals surface area contributed by atoms with Gasteiger partial charge in [-0.1, -0.05) is 18.5 Å². The number of hydrogen-bond donors (Lipinski definition) is 0. The van der Waals surface area contributed by atoms with Crippen molar-refractivity contribution < 1.29 is 0 Å². The van der Waals surface area contributed by atoms with Gasteiger partial charge in [-0.15, -0.1) is 11.3 Å². The van der Waals surface area contributed by atoms with Gasteiger partial charge in [-0.25, -0.2) is 4.98 Å². The smallest absolute Gasteiger partial charge is 0.125 e. The summed E-state index contributed by atoms with van der Waals surface area (Å²) in [6.07, 6.45) is 5.47. The number of halogens is 1. The molecule has 0 amide bonds. The van der Waals surface area contributed by atoms with Crippen molar-refractivity contribution in [1.29, 1.82) is 0 Å². The molecule has 0 aromatic carbocycles. The van der Waals surface area contributed by atoms with Crippen molar-refractivity contribution in [3.05, 3.63) is 27.7 Å². The number of nitrogens with zero attached hydrogens (tertiary/aromatic N) is 1. The lowest BCUT2D eigenvalue weighted by atomic mass is 9.89. The molecule has 0 saturated carbocycles. The van der Waals surface area contributed by atoms with Crippen LogP contribution in [0, 0.1) is 5.92 Å². The second kappa shape index (κ2) is 3.46. The Morgan fingerprint density at radius 1 is 1.53 bits per heavy atom. The highest BCUT2D eigenvalue weighted by molar-refractivity contribution is 7.19. The van der Waals surface area contributed by atoms with E-state index in [9.17, 15) is 0 Å². The van der Waals surface area contributed by atoms with Crippen molar-refractivity contribution in [3.8, 4) is 0 Å². The van der Waals surface area contributed by atoms with E-state index in [1.807, 2.05) is 17.4 Å². The van der Waals surface area contributed by atoms with Crippen LogP contribution in [0.5, 0.6) is 0 Å². The number of aryl methyl sites for hydroxylation is 1. The van der Waals surface area contributed by atoms with Crippen LogP contribution in [-0.4, -0.2) is 4.98 Å². The van der Waals surface area contributed by atoms with Gasteiger partial charge >= 0.3 is 0 Å². The molecule has 0 saturated heterocycles. The average Bonchev–Trinajstić information content (AvgIpc) is 2.57. The standard InChI is InChI=1S/C12H12ClNS/c1-7-2-3-10-8(6-7)11-9(13)4-5-14-12(11)15-10/h4-5,7H,2-3,6H2,1H3. The molecule has 0 aliphatic heterocycles. The third kappa shape index (κ3) is 1.47. The maximum absolute atomic E-state index is 6.25. The fraction of sp³-hybridized carbons (Fsp3) is 0.417. The topological polar surface area (TPSA) is 12.9 Å². The number of thiophene rings is 1. The molecule has 0 N–H and O–H groups in total. The Bertz CT molecular complexity index is 518. The Kier molecular flexibility index (Phi) is 2.22. The summed E-state index contributed by atoms with van der Waals surface area (Å²) in [5, 5.41) is 2.08. The van der Waals surface area contributed by atoms with E-state index in [1.165, 1.54) is 35.1 Å². The summed E-state index contributed by atoms with van der Waals surface area (Å²) in [5.41, 5.74) is 1.46. The van der Waals surface area contributed by atoms with Crippen molar-refractivity contribution in [3.63, 3.8) is 0 Å². The maximum atomic E-state index is 6.25. The minimum atomic E-state index is 0.784. The molecule has 1 atom stereocenters. The Hall–Kier alpha value is -0.600. The SMILES string of the molecule is CC1CCc2sc3nccc(Cl)c3c2C1. The predicted molar refractivity (Wildman–Crippen MR) is 65.8 cm³/mol. The van der Waals surface area contributed by atoms with Crippen molar-refractivity contribution >= 4 is 33.2 Å². The van der Waals surface area contributed by atoms with Crippen LogP contribution in [0.25, 0.3) is 10.2 Å². The molecule has 2 heterocycles. The van der Waals surface area contributed by atoms with Crippen LogP contribution in [-0.2, 0) is 12.8 Å². The molecule has 3 rings (SSSR count). The lowest BCUT2D eigenvalue weighted by Crippen LogP contribution is -2.08. The first-order valence-corrected chi connectivity index (χ1v) is 6.50. The fourth-order valence-corrected chi connectivity index (χ4v) is 3.86. The Morgan fingerprint density at radius 2 is 2.40 bits per heavy atom. The first kappa shape index (κ1) is 9.61. The lowest BCUT2D eigenvalue weighted by Gasteiger charge is -2.18. The zero-order chi connectivity index (χ0) is 10.4. The van der Waals surface area contributed by atoms with Gasteiger partial charge in [0.25, 0.3) is 0 Å². The van der Waals surface area contributed by atoms with E-state index in [0.29, 0.717) is 0 Å². The number of hydrogen-bond acceptors (Lipinski definition) is 2. The molecule has 78 valence electrons. The third-order valence-electron chi connectivity index (χ3n) is 3.14. The molecule has 0 spiro atoms. The van der Waals surface area contributed by atoms with Gasteiger partial charge in [0.2, 0.25) is 0 Å². The van der Waals surface area contributed by atoms with Gasteiger partial charge in [0.1, 0.15) is 4.83 Å². The van der Waals surface area contributed by atoms with Gasteiger partial charge in [-0.2, -0.15) is 0 Å². The highest BCUT2D eigenvalue weighted by atomic mass is 35.5. The number of pyridine rings is 1. The van der Waals surface area contributed by atoms with E-state index < -0.39 is 0 Å². The van der Waals surface area contributed by atoms with Gasteiger partial charge in [0.05, 0.1) is 5.02 Å². The summed E-state index contributed by atoms with van der Waals surface area (Å²) < 4.78 is 0. The van der Waals surface area contributed by atoms with Crippen molar-refractivity contribution in [1.82, 2.24) is 4.98 Å². The number of fused-ring (bicyclic) bond motifs is 3. The largest absolute Gasteiger partial charge is 0.245 e. The van der Waals surface area contributed by atoms with Crippen LogP contribution in [0.1, 0.15) is 23.8 Å². The highest BCUT2D eigenvalue weighted by Crippen LogP contribution is 2.39. The monoisotopic (exact) mass is 237 g/mol. The van der Waals surface area contributed by atoms with E-state index in [4.69, 9.17) is 11.6 Å². The van der Waals surface area contributed by atoms with Crippen molar-refractivity contribution in [2.24, 2.45) is 5.92 Å². The summed E-state index contributed by atoms with van der Waals surface area (Å²) in [4.78, 5) is 7.02. The summed E-state index contributed by atoms with van der Waals surface area (Å²) in [6.45, 7) is 2.32. The molecule has 15 heavy (non-hydrogen) atoms. The Morgan fingerprint density at radius 3 is 3.27 bits per heavy atom. The van der Waals surface area contributed by atoms with Crippen LogP contribution >= 0.6 is 22.9 Å². The zero-order valence-electron chi connectivity index (χ0n) is 8.59. The fourth-order valence-electron chi connectivity index (χ4n) is 2.33. The van der Waals surface area contributed by atoms with E-state index >= 15 is 0 Å². The molecule has 0 bridgehead atoms. The van der Waals surface area contributed by atoms with E-state index in [1.54, 1.807) is 6.20 Å². The first-order chi connectivity index (χ1) is 7.25. The maximum Gasteiger partial charge on any atom is 0.125 e. The Balaban J connectivity index is 2.30. The van der Waals surface area contributed by atoms with Gasteiger partial charge in [0.15, 0.2) is 0 Å². The van der Waals surface area contributed by atoms with E-state index in [0.717, 1.165) is 15.8 Å². The molecular formula is C12H12ClNS. The molecule has 2 aromatic heterocycles. The first-order valence-electron chi connectivity index (χ1n) is 5.30. The summed E-state index contributed by atoms with van der Waals surface area (Å²) in [6, 6.07) is 1.90. The normalized spacial score (nSPS) is 20.5. The second-order valence-corrected chi connectivity index (χ2v) is 5.82. The molecule has 0 radical (unpaired) electrons. The van der Waals surface area contributed by atoms with Crippen LogP contribution < -0.4 is 0 Å². The van der Waals surface area contributed by atoms with Gasteiger partial charge in [-0.3, -0.25) is 0 Å². The minimum Gasteiger partial charge on any atom is -0.245 e. The van der Waals surface area contributed by atoms with Gasteiger partial charge in [-0.05, 0) is 36.8 Å². The summed E-state index contributed by atoms with van der Waals surface area (Å²) in [5.74, 6) is 0.784. The zero-order valence-corrected chi connectivity index (χ0v) is 10.2. The minimum absolute atomic E-state index is 0.784. The van der Waals surface area contributed by atoms with Crippen LogP contribution in [0.2, 0.25) is 5.02 Å². The van der Waals surface area contributed by atoms with Crippen LogP contribution in [0.3, 0.4) is 0 Å². The summed E-state index contributed by atoms with van der Waals surface area (Å²) in [7, 11) is 0. The molecule has 1 nitrogen and oxygen atoms in total. The molecule has 3 heteroatoms. The van der Waals surface area contributed by atoms with Gasteiger partial charge in [0, 0.05) is 16.5 Å². The quantitative estimate of drug-likeness (QED) is 0.673. The molecular weight excluding hydrogens is 226 g/mol. The summed E-state index contributed by atoms with van der Waals surface area (Å²) >= 11 is 8.07. The third-order valence-corrected chi connectivity index (χ3v) is 4.66. The lowest BCUT2D eigenvalue weighted by molar-refractivity contribution is 0.508. The van der Waals surface area contributed by atoms with E-state index in [-0.39, 0.29) is 0 Å². The van der Waals surface area contributed by atoms with Crippen LogP contribution in [0.4, 0.5) is 0 Å². The molecule has 2 aromatic rings. The molecule has 1 unspecified atom stereocenters.